The fraction of sp³-hybridized carbons (Fsp3) is 0.929. The summed E-state index contributed by atoms with van der Waals surface area (Å²) in [7, 11) is 0. The summed E-state index contributed by atoms with van der Waals surface area (Å²) in [6.07, 6.45) is 11.1. The summed E-state index contributed by atoms with van der Waals surface area (Å²) in [6, 6.07) is 0.597. The Hall–Kier alpha value is -0.530. The third kappa shape index (κ3) is 2.58. The molecule has 2 aliphatic rings. The van der Waals surface area contributed by atoms with Gasteiger partial charge in [-0.25, -0.2) is 0 Å². The molecule has 1 heterocycles. The Morgan fingerprint density at radius 3 is 2.56 bits per heavy atom. The average Bonchev–Trinajstić information content (AvgIpc) is 2.79. The van der Waals surface area contributed by atoms with Gasteiger partial charge in [-0.05, 0) is 38.0 Å². The predicted octanol–water partition coefficient (Wildman–Crippen LogP) is 3.36. The van der Waals surface area contributed by atoms with Gasteiger partial charge in [0.05, 0.1) is 0 Å². The third-order valence-corrected chi connectivity index (χ3v) is 4.28. The van der Waals surface area contributed by atoms with Gasteiger partial charge in [0.15, 0.2) is 0 Å². The van der Waals surface area contributed by atoms with Crippen molar-refractivity contribution in [2.45, 2.75) is 70.8 Å². The molecule has 92 valence electrons. The average molecular weight is 223 g/mol. The molecule has 0 aromatic rings. The largest absolute Gasteiger partial charge is 0.339 e. The van der Waals surface area contributed by atoms with Gasteiger partial charge in [-0.15, -0.1) is 0 Å². The molecule has 0 radical (unpaired) electrons. The Bertz CT molecular complexity index is 233. The standard InChI is InChI=1S/C14H25NO/c1-2-7-14(16)15-11-6-10-13(15)12-8-4-3-5-9-12/h12-13H,2-11H2,1H3. The van der Waals surface area contributed by atoms with Crippen LogP contribution in [0.25, 0.3) is 0 Å². The van der Waals surface area contributed by atoms with Crippen LogP contribution in [0, 0.1) is 5.92 Å². The second kappa shape index (κ2) is 5.70. The molecule has 0 aromatic carbocycles. The molecule has 1 atom stereocenters. The Morgan fingerprint density at radius 2 is 1.88 bits per heavy atom. The quantitative estimate of drug-likeness (QED) is 0.718. The normalized spacial score (nSPS) is 27.3. The molecule has 2 rings (SSSR count). The fourth-order valence-corrected chi connectivity index (χ4v) is 3.47. The molecule has 0 aromatic heterocycles. The van der Waals surface area contributed by atoms with Crippen LogP contribution < -0.4 is 0 Å². The van der Waals surface area contributed by atoms with Crippen LogP contribution in [0.1, 0.15) is 64.7 Å². The van der Waals surface area contributed by atoms with E-state index < -0.39 is 0 Å². The molecule has 2 fully saturated rings. The molecule has 1 aliphatic carbocycles. The lowest BCUT2D eigenvalue weighted by atomic mass is 9.83. The summed E-state index contributed by atoms with van der Waals surface area (Å²) in [4.78, 5) is 14.2. The van der Waals surface area contributed by atoms with E-state index in [1.54, 1.807) is 0 Å². The van der Waals surface area contributed by atoms with Gasteiger partial charge in [-0.1, -0.05) is 26.2 Å². The molecule has 1 saturated heterocycles. The van der Waals surface area contributed by atoms with E-state index in [1.807, 2.05) is 0 Å². The minimum atomic E-state index is 0.413. The highest BCUT2D eigenvalue weighted by Gasteiger charge is 2.34. The number of hydrogen-bond donors (Lipinski definition) is 0. The van der Waals surface area contributed by atoms with E-state index in [1.165, 1.54) is 44.9 Å². The first-order chi connectivity index (χ1) is 7.83. The van der Waals surface area contributed by atoms with E-state index in [-0.39, 0.29) is 0 Å². The van der Waals surface area contributed by atoms with Crippen molar-refractivity contribution in [3.8, 4) is 0 Å². The van der Waals surface area contributed by atoms with Gasteiger partial charge < -0.3 is 4.90 Å². The van der Waals surface area contributed by atoms with Gasteiger partial charge >= 0.3 is 0 Å². The lowest BCUT2D eigenvalue weighted by molar-refractivity contribution is -0.133. The van der Waals surface area contributed by atoms with Gasteiger partial charge in [0.25, 0.3) is 0 Å². The highest BCUT2D eigenvalue weighted by molar-refractivity contribution is 5.76. The van der Waals surface area contributed by atoms with E-state index in [0.29, 0.717) is 11.9 Å². The molecule has 0 spiro atoms. The Morgan fingerprint density at radius 1 is 1.12 bits per heavy atom. The monoisotopic (exact) mass is 223 g/mol. The number of carbonyl (C=O) groups excluding carboxylic acids is 1. The maximum Gasteiger partial charge on any atom is 0.222 e. The van der Waals surface area contributed by atoms with Crippen LogP contribution >= 0.6 is 0 Å². The Kier molecular flexibility index (Phi) is 4.25. The van der Waals surface area contributed by atoms with E-state index in [9.17, 15) is 4.79 Å². The van der Waals surface area contributed by atoms with Crippen LogP contribution in [-0.4, -0.2) is 23.4 Å². The lowest BCUT2D eigenvalue weighted by Crippen LogP contribution is -2.40. The summed E-state index contributed by atoms with van der Waals surface area (Å²) < 4.78 is 0. The van der Waals surface area contributed by atoms with Gasteiger partial charge in [-0.2, -0.15) is 0 Å². The number of hydrogen-bond acceptors (Lipinski definition) is 1. The molecule has 2 nitrogen and oxygen atoms in total. The van der Waals surface area contributed by atoms with Crippen LogP contribution in [0.3, 0.4) is 0 Å². The van der Waals surface area contributed by atoms with Crippen molar-refractivity contribution >= 4 is 5.91 Å². The van der Waals surface area contributed by atoms with Gasteiger partial charge in [-0.3, -0.25) is 4.79 Å². The van der Waals surface area contributed by atoms with Crippen molar-refractivity contribution in [2.75, 3.05) is 6.54 Å². The predicted molar refractivity (Wildman–Crippen MR) is 66.2 cm³/mol. The van der Waals surface area contributed by atoms with Gasteiger partial charge in [0.1, 0.15) is 0 Å². The number of rotatable bonds is 3. The van der Waals surface area contributed by atoms with E-state index >= 15 is 0 Å². The summed E-state index contributed by atoms with van der Waals surface area (Å²) >= 11 is 0. The van der Waals surface area contributed by atoms with Crippen molar-refractivity contribution in [2.24, 2.45) is 5.92 Å². The maximum atomic E-state index is 12.0. The van der Waals surface area contributed by atoms with Crippen LogP contribution in [0.2, 0.25) is 0 Å². The van der Waals surface area contributed by atoms with Crippen LogP contribution in [0.5, 0.6) is 0 Å². The zero-order valence-electron chi connectivity index (χ0n) is 10.6. The van der Waals surface area contributed by atoms with Crippen LogP contribution in [0.15, 0.2) is 0 Å². The molecule has 2 heteroatoms. The summed E-state index contributed by atoms with van der Waals surface area (Å²) in [6.45, 7) is 3.13. The first kappa shape index (κ1) is 11.9. The van der Waals surface area contributed by atoms with E-state index in [4.69, 9.17) is 0 Å². The summed E-state index contributed by atoms with van der Waals surface area (Å²) in [5.41, 5.74) is 0. The highest BCUT2D eigenvalue weighted by atomic mass is 16.2. The topological polar surface area (TPSA) is 20.3 Å². The van der Waals surface area contributed by atoms with Gasteiger partial charge in [0, 0.05) is 19.0 Å². The number of amides is 1. The SMILES string of the molecule is CCCC(=O)N1CCCC1C1CCCCC1. The van der Waals surface area contributed by atoms with Crippen LogP contribution in [-0.2, 0) is 4.79 Å². The summed E-state index contributed by atoms with van der Waals surface area (Å²) in [5, 5.41) is 0. The molecule has 1 unspecified atom stereocenters. The van der Waals surface area contributed by atoms with Crippen molar-refractivity contribution in [3.05, 3.63) is 0 Å². The van der Waals surface area contributed by atoms with E-state index in [0.717, 1.165) is 25.3 Å². The highest BCUT2D eigenvalue weighted by Crippen LogP contribution is 2.34. The molecule has 16 heavy (non-hydrogen) atoms. The Labute approximate surface area is 99.4 Å². The maximum absolute atomic E-state index is 12.0. The van der Waals surface area contributed by atoms with Crippen molar-refractivity contribution < 1.29 is 4.79 Å². The van der Waals surface area contributed by atoms with E-state index in [2.05, 4.69) is 11.8 Å². The second-order valence-corrected chi connectivity index (χ2v) is 5.44. The number of likely N-dealkylation sites (tertiary alicyclic amines) is 1. The molecule has 0 bridgehead atoms. The van der Waals surface area contributed by atoms with Crippen molar-refractivity contribution in [3.63, 3.8) is 0 Å². The first-order valence-electron chi connectivity index (χ1n) is 7.12. The molecule has 1 aliphatic heterocycles. The fourth-order valence-electron chi connectivity index (χ4n) is 3.47. The Balaban J connectivity index is 1.93. The minimum Gasteiger partial charge on any atom is -0.339 e. The molecule has 1 saturated carbocycles. The molecule has 0 N–H and O–H groups in total. The zero-order valence-corrected chi connectivity index (χ0v) is 10.6. The lowest BCUT2D eigenvalue weighted by Gasteiger charge is -2.34. The molecular weight excluding hydrogens is 198 g/mol. The third-order valence-electron chi connectivity index (χ3n) is 4.28. The molecule has 1 amide bonds. The molecular formula is C14H25NO. The number of carbonyl (C=O) groups is 1. The zero-order chi connectivity index (χ0) is 11.4. The van der Waals surface area contributed by atoms with Crippen LogP contribution in [0.4, 0.5) is 0 Å². The van der Waals surface area contributed by atoms with Crippen molar-refractivity contribution in [1.82, 2.24) is 4.90 Å². The first-order valence-corrected chi connectivity index (χ1v) is 7.12. The number of nitrogens with zero attached hydrogens (tertiary/aromatic N) is 1. The van der Waals surface area contributed by atoms with Crippen molar-refractivity contribution in [1.29, 1.82) is 0 Å². The smallest absolute Gasteiger partial charge is 0.222 e. The second-order valence-electron chi connectivity index (χ2n) is 5.44. The minimum absolute atomic E-state index is 0.413. The summed E-state index contributed by atoms with van der Waals surface area (Å²) in [5.74, 6) is 1.23. The van der Waals surface area contributed by atoms with Gasteiger partial charge in [0.2, 0.25) is 5.91 Å².